The third kappa shape index (κ3) is 3.74. The molecule has 5 heteroatoms. The first-order chi connectivity index (χ1) is 11.6. The zero-order valence-electron chi connectivity index (χ0n) is 13.2. The Kier molecular flexibility index (Phi) is 4.79. The van der Waals surface area contributed by atoms with Crippen LogP contribution in [-0.4, -0.2) is 17.2 Å². The molecule has 5 nitrogen and oxygen atoms in total. The second-order valence-electron chi connectivity index (χ2n) is 5.87. The van der Waals surface area contributed by atoms with E-state index in [-0.39, 0.29) is 12.2 Å². The standard InChI is InChI=1S/C19H19NO4/c21-18(22)16-10-14-8-4-5-9-15(14)11-17(16)20-19(23)24-12-13-6-2-1-3-7-13/h1-3,6-7,10-11H,4-5,8-9,12H2,(H,20,23)(H,21,22). The molecule has 0 bridgehead atoms. The van der Waals surface area contributed by atoms with Gasteiger partial charge in [0.1, 0.15) is 6.61 Å². The van der Waals surface area contributed by atoms with Gasteiger partial charge in [-0.3, -0.25) is 5.32 Å². The monoisotopic (exact) mass is 325 g/mol. The molecule has 0 unspecified atom stereocenters. The van der Waals surface area contributed by atoms with Crippen molar-refractivity contribution < 1.29 is 19.4 Å². The zero-order valence-corrected chi connectivity index (χ0v) is 13.2. The summed E-state index contributed by atoms with van der Waals surface area (Å²) in [7, 11) is 0. The summed E-state index contributed by atoms with van der Waals surface area (Å²) in [4.78, 5) is 23.5. The average Bonchev–Trinajstić information content (AvgIpc) is 2.60. The summed E-state index contributed by atoms with van der Waals surface area (Å²) in [5.74, 6) is -1.05. The summed E-state index contributed by atoms with van der Waals surface area (Å²) in [6, 6.07) is 12.8. The molecule has 3 rings (SSSR count). The topological polar surface area (TPSA) is 75.6 Å². The Hall–Kier alpha value is -2.82. The highest BCUT2D eigenvalue weighted by atomic mass is 16.5. The normalized spacial score (nSPS) is 13.0. The molecule has 0 spiro atoms. The number of amides is 1. The highest BCUT2D eigenvalue weighted by Gasteiger charge is 2.19. The van der Waals surface area contributed by atoms with Gasteiger partial charge in [-0.05, 0) is 54.5 Å². The van der Waals surface area contributed by atoms with E-state index in [0.717, 1.165) is 42.4 Å². The number of rotatable bonds is 4. The molecular weight excluding hydrogens is 306 g/mol. The molecule has 24 heavy (non-hydrogen) atoms. The number of aromatic carboxylic acids is 1. The second-order valence-corrected chi connectivity index (χ2v) is 5.87. The van der Waals surface area contributed by atoms with Crippen LogP contribution in [0.25, 0.3) is 0 Å². The molecule has 2 aromatic rings. The molecule has 1 aliphatic rings. The number of benzene rings is 2. The Labute approximate surface area is 140 Å². The van der Waals surface area contributed by atoms with E-state index in [2.05, 4.69) is 5.32 Å². The number of anilines is 1. The molecule has 2 aromatic carbocycles. The van der Waals surface area contributed by atoms with Crippen LogP contribution < -0.4 is 5.32 Å². The van der Waals surface area contributed by atoms with Crippen LogP contribution in [0.2, 0.25) is 0 Å². The minimum Gasteiger partial charge on any atom is -0.478 e. The minimum absolute atomic E-state index is 0.104. The lowest BCUT2D eigenvalue weighted by molar-refractivity contribution is 0.0698. The Balaban J connectivity index is 1.73. The Morgan fingerprint density at radius 2 is 1.71 bits per heavy atom. The van der Waals surface area contributed by atoms with Crippen LogP contribution in [0.15, 0.2) is 42.5 Å². The Morgan fingerprint density at radius 3 is 2.38 bits per heavy atom. The van der Waals surface area contributed by atoms with Crippen LogP contribution in [0.1, 0.15) is 39.9 Å². The maximum atomic E-state index is 12.0. The van der Waals surface area contributed by atoms with Gasteiger partial charge in [0.05, 0.1) is 11.3 Å². The van der Waals surface area contributed by atoms with E-state index in [0.29, 0.717) is 5.69 Å². The van der Waals surface area contributed by atoms with Crippen molar-refractivity contribution in [2.45, 2.75) is 32.3 Å². The predicted octanol–water partition coefficient (Wildman–Crippen LogP) is 4.01. The fourth-order valence-corrected chi connectivity index (χ4v) is 2.94. The number of nitrogens with one attached hydrogen (secondary N) is 1. The first-order valence-corrected chi connectivity index (χ1v) is 8.00. The van der Waals surface area contributed by atoms with Crippen LogP contribution >= 0.6 is 0 Å². The van der Waals surface area contributed by atoms with E-state index in [1.807, 2.05) is 30.3 Å². The van der Waals surface area contributed by atoms with Crippen molar-refractivity contribution in [1.29, 1.82) is 0 Å². The fourth-order valence-electron chi connectivity index (χ4n) is 2.94. The summed E-state index contributed by atoms with van der Waals surface area (Å²) in [6.07, 6.45) is 3.28. The molecule has 0 aliphatic heterocycles. The van der Waals surface area contributed by atoms with Crippen molar-refractivity contribution in [3.8, 4) is 0 Å². The summed E-state index contributed by atoms with van der Waals surface area (Å²) in [6.45, 7) is 0.139. The molecule has 0 atom stereocenters. The van der Waals surface area contributed by atoms with Gasteiger partial charge >= 0.3 is 12.1 Å². The third-order valence-electron chi connectivity index (χ3n) is 4.16. The maximum Gasteiger partial charge on any atom is 0.411 e. The van der Waals surface area contributed by atoms with Gasteiger partial charge in [-0.1, -0.05) is 30.3 Å². The number of hydrogen-bond donors (Lipinski definition) is 2. The number of fused-ring (bicyclic) bond motifs is 1. The smallest absolute Gasteiger partial charge is 0.411 e. The van der Waals surface area contributed by atoms with Gasteiger partial charge in [-0.2, -0.15) is 0 Å². The molecule has 124 valence electrons. The van der Waals surface area contributed by atoms with E-state index in [4.69, 9.17) is 4.74 Å². The van der Waals surface area contributed by atoms with Crippen molar-refractivity contribution in [2.75, 3.05) is 5.32 Å². The Bertz CT molecular complexity index is 755. The molecular formula is C19H19NO4. The predicted molar refractivity (Wildman–Crippen MR) is 90.3 cm³/mol. The van der Waals surface area contributed by atoms with E-state index < -0.39 is 12.1 Å². The molecule has 0 saturated heterocycles. The molecule has 1 amide bonds. The molecule has 0 aromatic heterocycles. The molecule has 1 aliphatic carbocycles. The lowest BCUT2D eigenvalue weighted by Crippen LogP contribution is -2.17. The summed E-state index contributed by atoms with van der Waals surface area (Å²) >= 11 is 0. The maximum absolute atomic E-state index is 12.0. The summed E-state index contributed by atoms with van der Waals surface area (Å²) in [5.41, 5.74) is 3.43. The number of carbonyl (C=O) groups is 2. The van der Waals surface area contributed by atoms with Crippen molar-refractivity contribution in [3.05, 3.63) is 64.7 Å². The number of carboxylic acids is 1. The van der Waals surface area contributed by atoms with Gasteiger partial charge in [-0.25, -0.2) is 9.59 Å². The number of aryl methyl sites for hydroxylation is 2. The highest BCUT2D eigenvalue weighted by molar-refractivity contribution is 5.99. The molecule has 0 heterocycles. The van der Waals surface area contributed by atoms with E-state index >= 15 is 0 Å². The van der Waals surface area contributed by atoms with Gasteiger partial charge in [0, 0.05) is 0 Å². The van der Waals surface area contributed by atoms with Crippen LogP contribution in [0.5, 0.6) is 0 Å². The highest BCUT2D eigenvalue weighted by Crippen LogP contribution is 2.28. The first kappa shape index (κ1) is 16.1. The van der Waals surface area contributed by atoms with Gasteiger partial charge in [0.2, 0.25) is 0 Å². The molecule has 0 radical (unpaired) electrons. The lowest BCUT2D eigenvalue weighted by Gasteiger charge is -2.19. The van der Waals surface area contributed by atoms with Crippen LogP contribution in [-0.2, 0) is 24.2 Å². The Morgan fingerprint density at radius 1 is 1.04 bits per heavy atom. The van der Waals surface area contributed by atoms with Crippen LogP contribution in [0.3, 0.4) is 0 Å². The largest absolute Gasteiger partial charge is 0.478 e. The van der Waals surface area contributed by atoms with E-state index in [1.165, 1.54) is 0 Å². The fraction of sp³-hybridized carbons (Fsp3) is 0.263. The van der Waals surface area contributed by atoms with Crippen LogP contribution in [0.4, 0.5) is 10.5 Å². The molecule has 2 N–H and O–H groups in total. The van der Waals surface area contributed by atoms with E-state index in [9.17, 15) is 14.7 Å². The van der Waals surface area contributed by atoms with Gasteiger partial charge in [0.15, 0.2) is 0 Å². The summed E-state index contributed by atoms with van der Waals surface area (Å²) in [5, 5.41) is 12.0. The number of carbonyl (C=O) groups excluding carboxylic acids is 1. The zero-order chi connectivity index (χ0) is 16.9. The second kappa shape index (κ2) is 7.17. The van der Waals surface area contributed by atoms with Gasteiger partial charge in [-0.15, -0.1) is 0 Å². The third-order valence-corrected chi connectivity index (χ3v) is 4.16. The minimum atomic E-state index is -1.05. The lowest BCUT2D eigenvalue weighted by atomic mass is 9.89. The number of carboxylic acid groups (broad SMARTS) is 1. The number of hydrogen-bond acceptors (Lipinski definition) is 3. The van der Waals surface area contributed by atoms with Crippen molar-refractivity contribution in [1.82, 2.24) is 0 Å². The first-order valence-electron chi connectivity index (χ1n) is 8.00. The molecule has 0 fully saturated rings. The van der Waals surface area contributed by atoms with Gasteiger partial charge in [0.25, 0.3) is 0 Å². The van der Waals surface area contributed by atoms with Crippen molar-refractivity contribution in [3.63, 3.8) is 0 Å². The SMILES string of the molecule is O=C(Nc1cc2c(cc1C(=O)O)CCCC2)OCc1ccccc1. The van der Waals surface area contributed by atoms with Crippen molar-refractivity contribution in [2.24, 2.45) is 0 Å². The molecule has 0 saturated carbocycles. The van der Waals surface area contributed by atoms with E-state index in [1.54, 1.807) is 12.1 Å². The summed E-state index contributed by atoms with van der Waals surface area (Å²) < 4.78 is 5.17. The van der Waals surface area contributed by atoms with Crippen LogP contribution in [0, 0.1) is 0 Å². The van der Waals surface area contributed by atoms with Crippen molar-refractivity contribution >= 4 is 17.7 Å². The van der Waals surface area contributed by atoms with Gasteiger partial charge < -0.3 is 9.84 Å². The number of ether oxygens (including phenoxy) is 1. The average molecular weight is 325 g/mol. The quantitative estimate of drug-likeness (QED) is 0.890.